The maximum absolute atomic E-state index is 10.8. The molecule has 1 aromatic heterocycles. The summed E-state index contributed by atoms with van der Waals surface area (Å²) in [4.78, 5) is 14.8. The Morgan fingerprint density at radius 3 is 2.56 bits per heavy atom. The number of benzene rings is 2. The number of hydrazone groups is 1. The Morgan fingerprint density at radius 1 is 1.19 bits per heavy atom. The van der Waals surface area contributed by atoms with Crippen LogP contribution in [0.4, 0.5) is 11.5 Å². The normalized spacial score (nSPS) is 10.8. The van der Waals surface area contributed by atoms with Gasteiger partial charge >= 0.3 is 0 Å². The van der Waals surface area contributed by atoms with Gasteiger partial charge in [-0.3, -0.25) is 15.5 Å². The highest BCUT2D eigenvalue weighted by Gasteiger charge is 2.13. The fourth-order valence-electron chi connectivity index (χ4n) is 3.28. The van der Waals surface area contributed by atoms with Gasteiger partial charge in [-0.1, -0.05) is 0 Å². The number of rotatable bonds is 11. The topological polar surface area (TPSA) is 132 Å². The molecule has 11 heteroatoms. The van der Waals surface area contributed by atoms with E-state index in [0.717, 1.165) is 16.8 Å². The first-order valence-electron chi connectivity index (χ1n) is 10.9. The second kappa shape index (κ2) is 12.6. The highest BCUT2D eigenvalue weighted by Crippen LogP contribution is 2.34. The van der Waals surface area contributed by atoms with Crippen LogP contribution in [0, 0.1) is 28.4 Å². The Kier molecular flexibility index (Phi) is 9.32. The largest absolute Gasteiger partial charge is 0.490 e. The Bertz CT molecular complexity index is 1310. The smallest absolute Gasteiger partial charge is 0.269 e. The average Bonchev–Trinajstić information content (AvgIpc) is 2.85. The number of aryl methyl sites for hydroxylation is 1. The van der Waals surface area contributed by atoms with Crippen molar-refractivity contribution in [1.82, 2.24) is 4.98 Å². The van der Waals surface area contributed by atoms with E-state index in [9.17, 15) is 15.4 Å². The van der Waals surface area contributed by atoms with E-state index >= 15 is 0 Å². The van der Waals surface area contributed by atoms with Gasteiger partial charge in [-0.05, 0) is 65.7 Å². The Labute approximate surface area is 216 Å². The molecule has 0 aliphatic carbocycles. The molecule has 0 spiro atoms. The van der Waals surface area contributed by atoms with Gasteiger partial charge in [-0.2, -0.15) is 10.4 Å². The minimum absolute atomic E-state index is 0.0198. The molecule has 0 saturated carbocycles. The van der Waals surface area contributed by atoms with Crippen LogP contribution in [0.5, 0.6) is 11.5 Å². The first kappa shape index (κ1) is 26.6. The van der Waals surface area contributed by atoms with Crippen LogP contribution in [-0.2, 0) is 18.0 Å². The van der Waals surface area contributed by atoms with Gasteiger partial charge in [0.15, 0.2) is 17.3 Å². The summed E-state index contributed by atoms with van der Waals surface area (Å²) in [6.45, 7) is 4.61. The van der Waals surface area contributed by atoms with E-state index in [1.807, 2.05) is 13.8 Å². The highest BCUT2D eigenvalue weighted by molar-refractivity contribution is 9.10. The third-order valence-corrected chi connectivity index (χ3v) is 5.61. The number of nitriles is 1. The van der Waals surface area contributed by atoms with E-state index in [2.05, 4.69) is 37.5 Å². The number of methoxy groups -OCH3 is 1. The fraction of sp³-hybridized carbons (Fsp3) is 0.240. The maximum Gasteiger partial charge on any atom is 0.269 e. The number of hydrogen-bond acceptors (Lipinski definition) is 9. The van der Waals surface area contributed by atoms with Crippen molar-refractivity contribution in [3.8, 4) is 17.6 Å². The van der Waals surface area contributed by atoms with Gasteiger partial charge in [0.2, 0.25) is 0 Å². The molecule has 0 amide bonds. The number of nitro groups is 1. The monoisotopic (exact) mass is 553 g/mol. The Morgan fingerprint density at radius 2 is 1.92 bits per heavy atom. The lowest BCUT2D eigenvalue weighted by molar-refractivity contribution is -0.384. The molecule has 1 N–H and O–H groups in total. The highest BCUT2D eigenvalue weighted by atomic mass is 79.9. The third kappa shape index (κ3) is 6.78. The van der Waals surface area contributed by atoms with Gasteiger partial charge < -0.3 is 14.2 Å². The van der Waals surface area contributed by atoms with Crippen molar-refractivity contribution < 1.29 is 19.1 Å². The van der Waals surface area contributed by atoms with Gasteiger partial charge in [0.25, 0.3) is 5.69 Å². The molecule has 10 nitrogen and oxygen atoms in total. The summed E-state index contributed by atoms with van der Waals surface area (Å²) in [5, 5.41) is 24.7. The molecule has 0 aliphatic heterocycles. The first-order valence-corrected chi connectivity index (χ1v) is 11.7. The fourth-order valence-corrected chi connectivity index (χ4v) is 3.71. The molecule has 0 fully saturated rings. The van der Waals surface area contributed by atoms with E-state index < -0.39 is 4.92 Å². The Balaban J connectivity index is 1.79. The summed E-state index contributed by atoms with van der Waals surface area (Å²) in [5.41, 5.74) is 6.16. The van der Waals surface area contributed by atoms with Crippen molar-refractivity contribution >= 4 is 33.6 Å². The van der Waals surface area contributed by atoms with Gasteiger partial charge in [0.05, 0.1) is 24.4 Å². The number of aromatic nitrogens is 1. The maximum atomic E-state index is 10.8. The molecule has 36 heavy (non-hydrogen) atoms. The first-order chi connectivity index (χ1) is 17.4. The zero-order valence-corrected chi connectivity index (χ0v) is 21.5. The van der Waals surface area contributed by atoms with Gasteiger partial charge in [-0.15, -0.1) is 0 Å². The van der Waals surface area contributed by atoms with Crippen LogP contribution in [0.15, 0.2) is 52.0 Å². The molecule has 0 unspecified atom stereocenters. The zero-order valence-electron chi connectivity index (χ0n) is 19.9. The molecule has 0 aliphatic rings. The average molecular weight is 554 g/mol. The minimum Gasteiger partial charge on any atom is -0.490 e. The minimum atomic E-state index is -0.446. The SMILES string of the molecule is CCOc1cc(/C=N\Nc2nc(C)cc(COC)c2C#N)c(Br)cc1OCc1ccc([N+](=O)[O-])cc1. The number of ether oxygens (including phenoxy) is 3. The van der Waals surface area contributed by atoms with Crippen molar-refractivity contribution in [2.24, 2.45) is 5.10 Å². The molecule has 0 saturated heterocycles. The van der Waals surface area contributed by atoms with Crippen LogP contribution >= 0.6 is 15.9 Å². The molecule has 0 atom stereocenters. The van der Waals surface area contributed by atoms with Crippen LogP contribution in [0.25, 0.3) is 0 Å². The van der Waals surface area contributed by atoms with Crippen molar-refractivity contribution in [2.75, 3.05) is 19.1 Å². The van der Waals surface area contributed by atoms with Gasteiger partial charge in [-0.25, -0.2) is 4.98 Å². The summed E-state index contributed by atoms with van der Waals surface area (Å²) < 4.78 is 17.5. The van der Waals surface area contributed by atoms with Crippen LogP contribution in [0.3, 0.4) is 0 Å². The number of nitro benzene ring substituents is 1. The van der Waals surface area contributed by atoms with Crippen molar-refractivity contribution in [3.05, 3.63) is 85.0 Å². The van der Waals surface area contributed by atoms with Crippen molar-refractivity contribution in [2.45, 2.75) is 27.1 Å². The van der Waals surface area contributed by atoms with Crippen LogP contribution in [0.1, 0.15) is 34.9 Å². The number of pyridine rings is 1. The predicted molar refractivity (Wildman–Crippen MR) is 138 cm³/mol. The number of anilines is 1. The van der Waals surface area contributed by atoms with Gasteiger partial charge in [0.1, 0.15) is 18.2 Å². The molecule has 1 heterocycles. The third-order valence-electron chi connectivity index (χ3n) is 4.92. The standard InChI is InChI=1S/C25H24BrN5O5/c1-4-35-23-10-18(13-28-30-25-21(12-27)19(15-34-3)9-16(2)29-25)22(26)11-24(23)36-14-17-5-7-20(8-6-17)31(32)33/h5-11,13H,4,14-15H2,1-3H3,(H,29,30)/b28-13-. The summed E-state index contributed by atoms with van der Waals surface area (Å²) in [6, 6.07) is 13.6. The number of halogens is 1. The van der Waals surface area contributed by atoms with E-state index in [-0.39, 0.29) is 18.9 Å². The molecule has 3 rings (SSSR count). The van der Waals surface area contributed by atoms with Crippen LogP contribution in [-0.4, -0.2) is 29.8 Å². The van der Waals surface area contributed by atoms with E-state index in [1.54, 1.807) is 43.7 Å². The van der Waals surface area contributed by atoms with Crippen LogP contribution in [0.2, 0.25) is 0 Å². The summed E-state index contributed by atoms with van der Waals surface area (Å²) in [5.74, 6) is 1.35. The summed E-state index contributed by atoms with van der Waals surface area (Å²) in [7, 11) is 1.56. The van der Waals surface area contributed by atoms with Crippen molar-refractivity contribution in [3.63, 3.8) is 0 Å². The lowest BCUT2D eigenvalue weighted by Gasteiger charge is -2.14. The molecular weight excluding hydrogens is 530 g/mol. The predicted octanol–water partition coefficient (Wildman–Crippen LogP) is 5.50. The summed E-state index contributed by atoms with van der Waals surface area (Å²) in [6.07, 6.45) is 1.58. The molecular formula is C25H24BrN5O5. The second-order valence-corrected chi connectivity index (χ2v) is 8.38. The van der Waals surface area contributed by atoms with E-state index in [1.165, 1.54) is 12.1 Å². The second-order valence-electron chi connectivity index (χ2n) is 7.53. The lowest BCUT2D eigenvalue weighted by Crippen LogP contribution is -2.04. The van der Waals surface area contributed by atoms with E-state index in [0.29, 0.717) is 39.5 Å². The summed E-state index contributed by atoms with van der Waals surface area (Å²) >= 11 is 3.53. The number of non-ortho nitro benzene ring substituents is 1. The number of nitrogens with zero attached hydrogens (tertiary/aromatic N) is 4. The molecule has 186 valence electrons. The lowest BCUT2D eigenvalue weighted by atomic mass is 10.1. The molecule has 0 bridgehead atoms. The molecule has 2 aromatic carbocycles. The Hall–Kier alpha value is -4.01. The van der Waals surface area contributed by atoms with E-state index in [4.69, 9.17) is 14.2 Å². The van der Waals surface area contributed by atoms with Crippen molar-refractivity contribution in [1.29, 1.82) is 5.26 Å². The van der Waals surface area contributed by atoms with Gasteiger partial charge in [0, 0.05) is 40.5 Å². The number of hydrogen-bond donors (Lipinski definition) is 1. The zero-order chi connectivity index (χ0) is 26.1. The molecule has 3 aromatic rings. The molecule has 0 radical (unpaired) electrons. The number of nitrogens with one attached hydrogen (secondary N) is 1. The van der Waals surface area contributed by atoms with Crippen LogP contribution < -0.4 is 14.9 Å². The quantitative estimate of drug-likeness (QED) is 0.187.